The third kappa shape index (κ3) is 3.92. The van der Waals surface area contributed by atoms with Crippen LogP contribution in [0, 0.1) is 11.3 Å². The lowest BCUT2D eigenvalue weighted by atomic mass is 9.83. The molecule has 0 bridgehead atoms. The number of nitrogens with zero attached hydrogens (tertiary/aromatic N) is 2. The second-order valence-electron chi connectivity index (χ2n) is 5.71. The van der Waals surface area contributed by atoms with Crippen molar-refractivity contribution in [2.75, 3.05) is 32.8 Å². The van der Waals surface area contributed by atoms with Crippen molar-refractivity contribution in [3.8, 4) is 6.07 Å². The number of hydrogen-bond donors (Lipinski definition) is 2. The molecule has 2 fully saturated rings. The molecule has 6 nitrogen and oxygen atoms in total. The lowest BCUT2D eigenvalue weighted by Gasteiger charge is -2.34. The van der Waals surface area contributed by atoms with Gasteiger partial charge in [0.15, 0.2) is 0 Å². The maximum absolute atomic E-state index is 12.1. The molecule has 2 rings (SSSR count). The van der Waals surface area contributed by atoms with E-state index in [2.05, 4.69) is 11.4 Å². The van der Waals surface area contributed by atoms with Crippen LogP contribution in [0.15, 0.2) is 0 Å². The first-order chi connectivity index (χ1) is 9.67. The number of amides is 1. The first-order valence-corrected chi connectivity index (χ1v) is 7.34. The topological polar surface area (TPSA) is 85.6 Å². The summed E-state index contributed by atoms with van der Waals surface area (Å²) in [6.45, 7) is 2.01. The van der Waals surface area contributed by atoms with E-state index in [4.69, 9.17) is 9.84 Å². The van der Waals surface area contributed by atoms with E-state index >= 15 is 0 Å². The van der Waals surface area contributed by atoms with E-state index in [0.717, 1.165) is 32.1 Å². The summed E-state index contributed by atoms with van der Waals surface area (Å²) in [5, 5.41) is 21.3. The molecule has 1 saturated heterocycles. The summed E-state index contributed by atoms with van der Waals surface area (Å²) < 4.78 is 5.35. The highest BCUT2D eigenvalue weighted by Crippen LogP contribution is 2.27. The summed E-state index contributed by atoms with van der Waals surface area (Å²) in [6.07, 6.45) is 4.42. The van der Waals surface area contributed by atoms with Crippen molar-refractivity contribution in [1.82, 2.24) is 10.2 Å². The number of hydrogen-bond acceptors (Lipinski definition) is 5. The average Bonchev–Trinajstić information content (AvgIpc) is 2.48. The minimum Gasteiger partial charge on any atom is -0.394 e. The second kappa shape index (κ2) is 7.02. The number of nitriles is 1. The van der Waals surface area contributed by atoms with E-state index in [1.165, 1.54) is 0 Å². The Bertz CT molecular complexity index is 374. The Hall–Kier alpha value is -1.16. The molecule has 1 aliphatic heterocycles. The van der Waals surface area contributed by atoms with Crippen LogP contribution in [0.1, 0.15) is 32.1 Å². The maximum Gasteiger partial charge on any atom is 0.235 e. The van der Waals surface area contributed by atoms with E-state index in [9.17, 15) is 10.1 Å². The van der Waals surface area contributed by atoms with Gasteiger partial charge < -0.3 is 15.2 Å². The van der Waals surface area contributed by atoms with Gasteiger partial charge >= 0.3 is 0 Å². The molecule has 1 amide bonds. The largest absolute Gasteiger partial charge is 0.394 e. The fraction of sp³-hybridized carbons (Fsp3) is 0.857. The molecule has 0 aromatic rings. The fourth-order valence-electron chi connectivity index (χ4n) is 2.96. The Morgan fingerprint density at radius 3 is 2.85 bits per heavy atom. The number of ether oxygens (including phenoxy) is 1. The van der Waals surface area contributed by atoms with Gasteiger partial charge in [-0.1, -0.05) is 19.3 Å². The van der Waals surface area contributed by atoms with Crippen molar-refractivity contribution in [3.05, 3.63) is 0 Å². The molecule has 2 aliphatic rings. The quantitative estimate of drug-likeness (QED) is 0.759. The van der Waals surface area contributed by atoms with Gasteiger partial charge in [0.1, 0.15) is 5.54 Å². The zero-order chi connectivity index (χ0) is 14.4. The van der Waals surface area contributed by atoms with Crippen molar-refractivity contribution in [3.63, 3.8) is 0 Å². The summed E-state index contributed by atoms with van der Waals surface area (Å²) in [4.78, 5) is 14.1. The number of nitrogens with one attached hydrogen (secondary N) is 1. The normalized spacial score (nSPS) is 26.7. The highest BCUT2D eigenvalue weighted by molar-refractivity contribution is 5.79. The Morgan fingerprint density at radius 2 is 2.20 bits per heavy atom. The smallest absolute Gasteiger partial charge is 0.235 e. The molecule has 2 N–H and O–H groups in total. The molecule has 6 heteroatoms. The van der Waals surface area contributed by atoms with Crippen LogP contribution in [0.25, 0.3) is 0 Å². The number of carbonyl (C=O) groups excluding carboxylic acids is 1. The standard InChI is InChI=1S/C14H23N3O3/c15-11-14(4-2-1-3-5-14)16-13(19)9-17-6-7-20-12(8-17)10-18/h12,18H,1-10H2,(H,16,19). The van der Waals surface area contributed by atoms with Crippen LogP contribution in [0.2, 0.25) is 0 Å². The molecule has 1 atom stereocenters. The average molecular weight is 281 g/mol. The molecule has 1 aliphatic carbocycles. The number of carbonyl (C=O) groups is 1. The van der Waals surface area contributed by atoms with Crippen LogP contribution in [-0.4, -0.2) is 60.4 Å². The van der Waals surface area contributed by atoms with E-state index in [-0.39, 0.29) is 25.2 Å². The van der Waals surface area contributed by atoms with Crippen LogP contribution < -0.4 is 5.32 Å². The Kier molecular flexibility index (Phi) is 5.35. The number of morpholine rings is 1. The lowest BCUT2D eigenvalue weighted by molar-refractivity contribution is -0.126. The first-order valence-electron chi connectivity index (χ1n) is 7.34. The molecule has 0 aromatic carbocycles. The Labute approximate surface area is 119 Å². The third-order valence-corrected chi connectivity index (χ3v) is 4.09. The van der Waals surface area contributed by atoms with Gasteiger partial charge in [0.25, 0.3) is 0 Å². The lowest BCUT2D eigenvalue weighted by Crippen LogP contribution is -2.53. The summed E-state index contributed by atoms with van der Waals surface area (Å²) in [5.41, 5.74) is -0.669. The summed E-state index contributed by atoms with van der Waals surface area (Å²) in [5.74, 6) is -0.105. The van der Waals surface area contributed by atoms with Crippen LogP contribution in [0.5, 0.6) is 0 Å². The first kappa shape index (κ1) is 15.2. The molecule has 1 unspecified atom stereocenters. The Morgan fingerprint density at radius 1 is 1.45 bits per heavy atom. The molecule has 0 radical (unpaired) electrons. The fourth-order valence-corrected chi connectivity index (χ4v) is 2.96. The van der Waals surface area contributed by atoms with Gasteiger partial charge in [-0.05, 0) is 12.8 Å². The minimum atomic E-state index is -0.669. The van der Waals surface area contributed by atoms with E-state index in [1.54, 1.807) is 0 Å². The van der Waals surface area contributed by atoms with Crippen molar-refractivity contribution in [2.24, 2.45) is 0 Å². The molecule has 112 valence electrons. The molecule has 20 heavy (non-hydrogen) atoms. The van der Waals surface area contributed by atoms with E-state index < -0.39 is 5.54 Å². The van der Waals surface area contributed by atoms with Crippen molar-refractivity contribution in [2.45, 2.75) is 43.7 Å². The molecular formula is C14H23N3O3. The molecule has 1 saturated carbocycles. The van der Waals surface area contributed by atoms with Crippen molar-refractivity contribution < 1.29 is 14.6 Å². The monoisotopic (exact) mass is 281 g/mol. The highest BCUT2D eigenvalue weighted by atomic mass is 16.5. The zero-order valence-corrected chi connectivity index (χ0v) is 11.8. The summed E-state index contributed by atoms with van der Waals surface area (Å²) in [7, 11) is 0. The van der Waals surface area contributed by atoms with Crippen LogP contribution >= 0.6 is 0 Å². The van der Waals surface area contributed by atoms with Crippen molar-refractivity contribution >= 4 is 5.91 Å². The van der Waals surface area contributed by atoms with E-state index in [0.29, 0.717) is 19.7 Å². The van der Waals surface area contributed by atoms with Gasteiger partial charge in [-0.2, -0.15) is 5.26 Å². The van der Waals surface area contributed by atoms with Gasteiger partial charge in [0.05, 0.1) is 31.9 Å². The van der Waals surface area contributed by atoms with Gasteiger partial charge in [0.2, 0.25) is 5.91 Å². The van der Waals surface area contributed by atoms with Crippen LogP contribution in [0.3, 0.4) is 0 Å². The highest BCUT2D eigenvalue weighted by Gasteiger charge is 2.34. The zero-order valence-electron chi connectivity index (χ0n) is 11.8. The van der Waals surface area contributed by atoms with Gasteiger partial charge in [-0.15, -0.1) is 0 Å². The molecule has 0 spiro atoms. The van der Waals surface area contributed by atoms with Gasteiger partial charge in [-0.25, -0.2) is 0 Å². The number of aliphatic hydroxyl groups excluding tert-OH is 1. The van der Waals surface area contributed by atoms with Crippen LogP contribution in [-0.2, 0) is 9.53 Å². The summed E-state index contributed by atoms with van der Waals surface area (Å²) in [6, 6.07) is 2.29. The Balaban J connectivity index is 1.83. The second-order valence-corrected chi connectivity index (χ2v) is 5.71. The molecule has 0 aromatic heterocycles. The molecule has 1 heterocycles. The van der Waals surface area contributed by atoms with E-state index in [1.807, 2.05) is 4.90 Å². The maximum atomic E-state index is 12.1. The summed E-state index contributed by atoms with van der Waals surface area (Å²) >= 11 is 0. The SMILES string of the molecule is N#CC1(NC(=O)CN2CCOC(CO)C2)CCCCC1. The third-order valence-electron chi connectivity index (χ3n) is 4.09. The predicted octanol–water partition coefficient (Wildman–Crippen LogP) is 0.0222. The predicted molar refractivity (Wildman–Crippen MR) is 72.8 cm³/mol. The number of rotatable bonds is 4. The minimum absolute atomic E-state index is 0.0275. The van der Waals surface area contributed by atoms with Gasteiger partial charge in [-0.3, -0.25) is 9.69 Å². The van der Waals surface area contributed by atoms with Gasteiger partial charge in [0, 0.05) is 13.1 Å². The number of aliphatic hydroxyl groups is 1. The molecular weight excluding hydrogens is 258 g/mol. The van der Waals surface area contributed by atoms with Crippen LogP contribution in [0.4, 0.5) is 0 Å². The van der Waals surface area contributed by atoms with Crippen molar-refractivity contribution in [1.29, 1.82) is 5.26 Å².